The van der Waals surface area contributed by atoms with Crippen molar-refractivity contribution in [2.24, 2.45) is 5.10 Å². The van der Waals surface area contributed by atoms with Gasteiger partial charge in [-0.1, -0.05) is 23.8 Å². The first-order chi connectivity index (χ1) is 11.9. The summed E-state index contributed by atoms with van der Waals surface area (Å²) in [6.45, 7) is 7.65. The fourth-order valence-electron chi connectivity index (χ4n) is 2.35. The van der Waals surface area contributed by atoms with Crippen LogP contribution in [-0.2, 0) is 4.79 Å². The highest BCUT2D eigenvalue weighted by Gasteiger charge is 2.08. The third-order valence-corrected chi connectivity index (χ3v) is 3.80. The normalized spacial score (nSPS) is 11.2. The molecule has 2 rings (SSSR count). The zero-order valence-electron chi connectivity index (χ0n) is 15.3. The first-order valence-corrected chi connectivity index (χ1v) is 8.09. The molecule has 2 aromatic carbocycles. The van der Waals surface area contributed by atoms with E-state index in [-0.39, 0.29) is 12.5 Å². The number of methoxy groups -OCH3 is 1. The number of carbonyl (C=O) groups is 1. The highest BCUT2D eigenvalue weighted by Crippen LogP contribution is 2.20. The molecule has 0 aliphatic heterocycles. The molecule has 25 heavy (non-hydrogen) atoms. The smallest absolute Gasteiger partial charge is 0.277 e. The lowest BCUT2D eigenvalue weighted by molar-refractivity contribution is -0.123. The van der Waals surface area contributed by atoms with Crippen molar-refractivity contribution in [1.29, 1.82) is 0 Å². The maximum Gasteiger partial charge on any atom is 0.277 e. The Bertz CT molecular complexity index is 798. The molecule has 5 heteroatoms. The van der Waals surface area contributed by atoms with Crippen LogP contribution in [-0.4, -0.2) is 25.3 Å². The van der Waals surface area contributed by atoms with Gasteiger partial charge in [-0.3, -0.25) is 4.79 Å². The molecular weight excluding hydrogens is 316 g/mol. The zero-order chi connectivity index (χ0) is 18.4. The third-order valence-electron chi connectivity index (χ3n) is 3.80. The molecule has 0 fully saturated rings. The summed E-state index contributed by atoms with van der Waals surface area (Å²) in [7, 11) is 1.61. The predicted octanol–water partition coefficient (Wildman–Crippen LogP) is 3.54. The highest BCUT2D eigenvalue weighted by atomic mass is 16.5. The van der Waals surface area contributed by atoms with E-state index in [0.717, 1.165) is 22.3 Å². The molecule has 0 aromatic heterocycles. The molecule has 0 aliphatic carbocycles. The number of hydrogen-bond donors (Lipinski definition) is 1. The van der Waals surface area contributed by atoms with Crippen molar-refractivity contribution in [2.45, 2.75) is 27.7 Å². The Balaban J connectivity index is 2.00. The number of rotatable bonds is 6. The molecule has 132 valence electrons. The molecule has 0 saturated heterocycles. The monoisotopic (exact) mass is 340 g/mol. The largest absolute Gasteiger partial charge is 0.496 e. The molecule has 2 aromatic rings. The van der Waals surface area contributed by atoms with Crippen LogP contribution in [0.25, 0.3) is 0 Å². The molecule has 1 amide bonds. The number of nitrogens with zero attached hydrogens (tertiary/aromatic N) is 1. The van der Waals surface area contributed by atoms with Crippen LogP contribution in [0.2, 0.25) is 0 Å². The van der Waals surface area contributed by atoms with Gasteiger partial charge in [-0.25, -0.2) is 5.43 Å². The number of hydrazone groups is 1. The lowest BCUT2D eigenvalue weighted by Gasteiger charge is -2.10. The van der Waals surface area contributed by atoms with E-state index in [0.29, 0.717) is 17.2 Å². The number of aryl methyl sites for hydroxylation is 3. The lowest BCUT2D eigenvalue weighted by atomic mass is 10.1. The number of ether oxygens (including phenoxy) is 2. The van der Waals surface area contributed by atoms with Gasteiger partial charge >= 0.3 is 0 Å². The Hall–Kier alpha value is -2.82. The quantitative estimate of drug-likeness (QED) is 0.646. The first kappa shape index (κ1) is 18.5. The van der Waals surface area contributed by atoms with E-state index in [9.17, 15) is 4.79 Å². The number of amides is 1. The van der Waals surface area contributed by atoms with Crippen LogP contribution in [0, 0.1) is 20.8 Å². The summed E-state index contributed by atoms with van der Waals surface area (Å²) in [4.78, 5) is 12.0. The van der Waals surface area contributed by atoms with E-state index in [4.69, 9.17) is 9.47 Å². The average Bonchev–Trinajstić information content (AvgIpc) is 2.60. The van der Waals surface area contributed by atoms with Crippen molar-refractivity contribution in [1.82, 2.24) is 5.43 Å². The number of benzene rings is 2. The number of nitrogens with one attached hydrogen (secondary N) is 1. The summed E-state index contributed by atoms with van der Waals surface area (Å²) in [6, 6.07) is 11.7. The van der Waals surface area contributed by atoms with Gasteiger partial charge < -0.3 is 9.47 Å². The van der Waals surface area contributed by atoms with Crippen LogP contribution in [0.4, 0.5) is 0 Å². The van der Waals surface area contributed by atoms with Gasteiger partial charge in [0.1, 0.15) is 11.5 Å². The van der Waals surface area contributed by atoms with Crippen molar-refractivity contribution in [3.8, 4) is 11.5 Å². The number of carbonyl (C=O) groups excluding carboxylic acids is 1. The fraction of sp³-hybridized carbons (Fsp3) is 0.300. The van der Waals surface area contributed by atoms with E-state index in [1.54, 1.807) is 7.11 Å². The van der Waals surface area contributed by atoms with Gasteiger partial charge in [0.05, 0.1) is 12.8 Å². The Morgan fingerprint density at radius 1 is 1.04 bits per heavy atom. The predicted molar refractivity (Wildman–Crippen MR) is 99.5 cm³/mol. The summed E-state index contributed by atoms with van der Waals surface area (Å²) in [5.41, 5.74) is 7.20. The van der Waals surface area contributed by atoms with Crippen LogP contribution in [0.15, 0.2) is 41.5 Å². The minimum Gasteiger partial charge on any atom is -0.496 e. The Morgan fingerprint density at radius 3 is 2.44 bits per heavy atom. The molecule has 5 nitrogen and oxygen atoms in total. The summed E-state index contributed by atoms with van der Waals surface area (Å²) in [5.74, 6) is 1.11. The second-order valence-corrected chi connectivity index (χ2v) is 5.99. The molecule has 1 N–H and O–H groups in total. The van der Waals surface area contributed by atoms with Crippen LogP contribution >= 0.6 is 0 Å². The van der Waals surface area contributed by atoms with Crippen molar-refractivity contribution in [3.05, 3.63) is 58.7 Å². The second-order valence-electron chi connectivity index (χ2n) is 5.99. The maximum absolute atomic E-state index is 12.0. The molecule has 0 aliphatic rings. The van der Waals surface area contributed by atoms with E-state index in [1.807, 2.05) is 64.1 Å². The van der Waals surface area contributed by atoms with Gasteiger partial charge in [-0.05, 0) is 57.0 Å². The summed E-state index contributed by atoms with van der Waals surface area (Å²) in [6.07, 6.45) is 0. The van der Waals surface area contributed by atoms with Gasteiger partial charge in [0.15, 0.2) is 6.61 Å². The summed E-state index contributed by atoms with van der Waals surface area (Å²) < 4.78 is 10.9. The van der Waals surface area contributed by atoms with Gasteiger partial charge in [0.2, 0.25) is 0 Å². The molecule has 0 atom stereocenters. The highest BCUT2D eigenvalue weighted by molar-refractivity contribution is 6.01. The first-order valence-electron chi connectivity index (χ1n) is 8.09. The van der Waals surface area contributed by atoms with Gasteiger partial charge in [0, 0.05) is 5.56 Å². The summed E-state index contributed by atoms with van der Waals surface area (Å²) >= 11 is 0. The van der Waals surface area contributed by atoms with Gasteiger partial charge in [-0.15, -0.1) is 0 Å². The van der Waals surface area contributed by atoms with E-state index < -0.39 is 0 Å². The molecule has 0 radical (unpaired) electrons. The Morgan fingerprint density at radius 2 is 1.72 bits per heavy atom. The van der Waals surface area contributed by atoms with Crippen molar-refractivity contribution in [2.75, 3.05) is 13.7 Å². The SMILES string of the molecule is COc1ccc(C)cc1/C(C)=N\NC(=O)COc1cc(C)ccc1C. The van der Waals surface area contributed by atoms with Crippen molar-refractivity contribution >= 4 is 11.6 Å². The van der Waals surface area contributed by atoms with Crippen molar-refractivity contribution < 1.29 is 14.3 Å². The Kier molecular flexibility index (Phi) is 6.17. The lowest BCUT2D eigenvalue weighted by Crippen LogP contribution is -2.25. The standard InChI is InChI=1S/C20H24N2O3/c1-13-7-9-18(24-5)17(10-13)16(4)21-22-20(23)12-25-19-11-14(2)6-8-15(19)3/h6-11H,12H2,1-5H3,(H,22,23)/b21-16-. The Labute approximate surface area is 148 Å². The molecule has 0 spiro atoms. The van der Waals surface area contributed by atoms with E-state index >= 15 is 0 Å². The van der Waals surface area contributed by atoms with Crippen LogP contribution in [0.1, 0.15) is 29.2 Å². The minimum atomic E-state index is -0.313. The fourth-order valence-corrected chi connectivity index (χ4v) is 2.35. The van der Waals surface area contributed by atoms with E-state index in [1.165, 1.54) is 0 Å². The number of hydrogen-bond acceptors (Lipinski definition) is 4. The molecule has 0 bridgehead atoms. The maximum atomic E-state index is 12.0. The van der Waals surface area contributed by atoms with Crippen LogP contribution < -0.4 is 14.9 Å². The molecule has 0 unspecified atom stereocenters. The average molecular weight is 340 g/mol. The molecule has 0 heterocycles. The second kappa shape index (κ2) is 8.33. The summed E-state index contributed by atoms with van der Waals surface area (Å²) in [5, 5.41) is 4.15. The van der Waals surface area contributed by atoms with Crippen LogP contribution in [0.3, 0.4) is 0 Å². The van der Waals surface area contributed by atoms with Crippen LogP contribution in [0.5, 0.6) is 11.5 Å². The van der Waals surface area contributed by atoms with E-state index in [2.05, 4.69) is 10.5 Å². The van der Waals surface area contributed by atoms with Gasteiger partial charge in [0.25, 0.3) is 5.91 Å². The zero-order valence-corrected chi connectivity index (χ0v) is 15.3. The molecular formula is C20H24N2O3. The third kappa shape index (κ3) is 5.08. The van der Waals surface area contributed by atoms with Gasteiger partial charge in [-0.2, -0.15) is 5.10 Å². The van der Waals surface area contributed by atoms with Crippen molar-refractivity contribution in [3.63, 3.8) is 0 Å². The minimum absolute atomic E-state index is 0.0912. The molecule has 0 saturated carbocycles. The topological polar surface area (TPSA) is 59.9 Å².